The minimum atomic E-state index is -0.107. The fraction of sp³-hybridized carbons (Fsp3) is 0.467. The molecule has 0 saturated carbocycles. The van der Waals surface area contributed by atoms with Gasteiger partial charge in [-0.1, -0.05) is 6.07 Å². The molecule has 18 heavy (non-hydrogen) atoms. The molecule has 100 valence electrons. The molecule has 1 rings (SSSR count). The van der Waals surface area contributed by atoms with Crippen molar-refractivity contribution in [3.05, 3.63) is 35.9 Å². The molecule has 0 aromatic heterocycles. The third-order valence-electron chi connectivity index (χ3n) is 2.27. The predicted molar refractivity (Wildman–Crippen MR) is 75.8 cm³/mol. The summed E-state index contributed by atoms with van der Waals surface area (Å²) in [5.41, 5.74) is 7.44. The molecule has 0 amide bonds. The first-order chi connectivity index (χ1) is 8.37. The van der Waals surface area contributed by atoms with Crippen LogP contribution < -0.4 is 10.5 Å². The van der Waals surface area contributed by atoms with Crippen LogP contribution in [0.3, 0.4) is 0 Å². The number of ether oxygens (including phenoxy) is 2. The van der Waals surface area contributed by atoms with Crippen LogP contribution >= 0.6 is 0 Å². The van der Waals surface area contributed by atoms with Gasteiger partial charge in [-0.25, -0.2) is 0 Å². The molecule has 0 atom stereocenters. The summed E-state index contributed by atoms with van der Waals surface area (Å²) in [4.78, 5) is 0. The van der Waals surface area contributed by atoms with E-state index in [-0.39, 0.29) is 5.60 Å². The van der Waals surface area contributed by atoms with Gasteiger partial charge < -0.3 is 15.2 Å². The number of nitrogens with two attached hydrogens (primary N) is 1. The Morgan fingerprint density at radius 3 is 2.67 bits per heavy atom. The van der Waals surface area contributed by atoms with Crippen LogP contribution in [0.15, 0.2) is 35.9 Å². The summed E-state index contributed by atoms with van der Waals surface area (Å²) >= 11 is 0. The molecule has 0 fully saturated rings. The number of hydrogen-bond acceptors (Lipinski definition) is 3. The third kappa shape index (κ3) is 6.30. The van der Waals surface area contributed by atoms with Gasteiger partial charge in [-0.2, -0.15) is 0 Å². The van der Waals surface area contributed by atoms with Crippen LogP contribution in [0.25, 0.3) is 0 Å². The zero-order valence-electron chi connectivity index (χ0n) is 11.7. The van der Waals surface area contributed by atoms with Crippen LogP contribution in [-0.4, -0.2) is 18.8 Å². The standard InChI is InChI=1S/C15H23NO2/c1-12(11-18-15(2,3)4)8-9-17-14-7-5-6-13(16)10-14/h5-8,10H,9,11,16H2,1-4H3. The Labute approximate surface area is 110 Å². The second-order valence-electron chi connectivity index (χ2n) is 5.34. The smallest absolute Gasteiger partial charge is 0.121 e. The summed E-state index contributed by atoms with van der Waals surface area (Å²) in [6.45, 7) is 9.33. The highest BCUT2D eigenvalue weighted by molar-refractivity contribution is 5.43. The molecule has 0 aliphatic heterocycles. The molecule has 0 radical (unpaired) electrons. The topological polar surface area (TPSA) is 44.5 Å². The highest BCUT2D eigenvalue weighted by Gasteiger charge is 2.09. The first kappa shape index (κ1) is 14.6. The van der Waals surface area contributed by atoms with Crippen LogP contribution in [0.4, 0.5) is 5.69 Å². The number of nitrogen functional groups attached to an aromatic ring is 1. The maximum atomic E-state index is 5.67. The highest BCUT2D eigenvalue weighted by atomic mass is 16.5. The molecule has 1 aromatic carbocycles. The summed E-state index contributed by atoms with van der Waals surface area (Å²) < 4.78 is 11.2. The Kier molecular flexibility index (Phi) is 5.23. The molecule has 0 unspecified atom stereocenters. The van der Waals surface area contributed by atoms with Crippen LogP contribution in [0.1, 0.15) is 27.7 Å². The van der Waals surface area contributed by atoms with Crippen molar-refractivity contribution >= 4 is 5.69 Å². The Morgan fingerprint density at radius 2 is 2.06 bits per heavy atom. The zero-order chi connectivity index (χ0) is 13.6. The van der Waals surface area contributed by atoms with Gasteiger partial charge in [0.2, 0.25) is 0 Å². The van der Waals surface area contributed by atoms with Crippen molar-refractivity contribution in [3.63, 3.8) is 0 Å². The maximum absolute atomic E-state index is 5.67. The van der Waals surface area contributed by atoms with Gasteiger partial charge in [0.05, 0.1) is 12.2 Å². The van der Waals surface area contributed by atoms with Crippen LogP contribution in [-0.2, 0) is 4.74 Å². The number of rotatable bonds is 5. The maximum Gasteiger partial charge on any atom is 0.121 e. The van der Waals surface area contributed by atoms with Crippen molar-refractivity contribution in [2.75, 3.05) is 18.9 Å². The average molecular weight is 249 g/mol. The van der Waals surface area contributed by atoms with E-state index in [0.717, 1.165) is 11.3 Å². The normalized spacial score (nSPS) is 12.6. The van der Waals surface area contributed by atoms with Crippen LogP contribution in [0.5, 0.6) is 5.75 Å². The predicted octanol–water partition coefficient (Wildman–Crippen LogP) is 3.41. The van der Waals surface area contributed by atoms with E-state index in [1.165, 1.54) is 0 Å². The lowest BCUT2D eigenvalue weighted by Gasteiger charge is -2.19. The van der Waals surface area contributed by atoms with Gasteiger partial charge in [-0.3, -0.25) is 0 Å². The van der Waals surface area contributed by atoms with E-state index in [0.29, 0.717) is 18.9 Å². The van der Waals surface area contributed by atoms with Crippen molar-refractivity contribution in [3.8, 4) is 5.75 Å². The van der Waals surface area contributed by atoms with Crippen molar-refractivity contribution in [1.29, 1.82) is 0 Å². The summed E-state index contributed by atoms with van der Waals surface area (Å²) in [6, 6.07) is 7.43. The second kappa shape index (κ2) is 6.45. The molecule has 0 aliphatic carbocycles. The van der Waals surface area contributed by atoms with Crippen molar-refractivity contribution < 1.29 is 9.47 Å². The van der Waals surface area contributed by atoms with E-state index >= 15 is 0 Å². The van der Waals surface area contributed by atoms with Gasteiger partial charge in [0.15, 0.2) is 0 Å². The molecule has 0 aliphatic rings. The lowest BCUT2D eigenvalue weighted by molar-refractivity contribution is 0.0110. The number of benzene rings is 1. The second-order valence-corrected chi connectivity index (χ2v) is 5.34. The van der Waals surface area contributed by atoms with E-state index in [1.54, 1.807) is 0 Å². The summed E-state index contributed by atoms with van der Waals surface area (Å²) in [5.74, 6) is 0.788. The van der Waals surface area contributed by atoms with E-state index < -0.39 is 0 Å². The van der Waals surface area contributed by atoms with E-state index in [4.69, 9.17) is 15.2 Å². The van der Waals surface area contributed by atoms with E-state index in [9.17, 15) is 0 Å². The molecule has 1 aromatic rings. The van der Waals surface area contributed by atoms with Gasteiger partial charge >= 0.3 is 0 Å². The van der Waals surface area contributed by atoms with Crippen molar-refractivity contribution in [2.24, 2.45) is 0 Å². The average Bonchev–Trinajstić information content (AvgIpc) is 2.25. The fourth-order valence-electron chi connectivity index (χ4n) is 1.27. The molecule has 0 spiro atoms. The molecule has 3 nitrogen and oxygen atoms in total. The molecule has 0 heterocycles. The van der Waals surface area contributed by atoms with Crippen LogP contribution in [0.2, 0.25) is 0 Å². The largest absolute Gasteiger partial charge is 0.489 e. The Morgan fingerprint density at radius 1 is 1.33 bits per heavy atom. The fourth-order valence-corrected chi connectivity index (χ4v) is 1.27. The summed E-state index contributed by atoms with van der Waals surface area (Å²) in [5, 5.41) is 0. The molecular formula is C15H23NO2. The van der Waals surface area contributed by atoms with Crippen molar-refractivity contribution in [1.82, 2.24) is 0 Å². The minimum absolute atomic E-state index is 0.107. The Hall–Kier alpha value is -1.48. The van der Waals surface area contributed by atoms with Gasteiger partial charge in [-0.05, 0) is 51.5 Å². The quantitative estimate of drug-likeness (QED) is 0.642. The molecule has 0 saturated heterocycles. The molecular weight excluding hydrogens is 226 g/mol. The summed E-state index contributed by atoms with van der Waals surface area (Å²) in [7, 11) is 0. The highest BCUT2D eigenvalue weighted by Crippen LogP contribution is 2.14. The van der Waals surface area contributed by atoms with E-state index in [1.807, 2.05) is 58.0 Å². The van der Waals surface area contributed by atoms with Crippen LogP contribution in [0, 0.1) is 0 Å². The van der Waals surface area contributed by atoms with Gasteiger partial charge in [0, 0.05) is 11.8 Å². The Balaban J connectivity index is 2.36. The van der Waals surface area contributed by atoms with Gasteiger partial charge in [0.1, 0.15) is 12.4 Å². The lowest BCUT2D eigenvalue weighted by Crippen LogP contribution is -2.20. The van der Waals surface area contributed by atoms with Gasteiger partial charge in [-0.15, -0.1) is 0 Å². The first-order valence-corrected chi connectivity index (χ1v) is 6.15. The molecule has 0 bridgehead atoms. The molecule has 3 heteroatoms. The third-order valence-corrected chi connectivity index (χ3v) is 2.27. The SMILES string of the molecule is CC(=CCOc1cccc(N)c1)COC(C)(C)C. The number of hydrogen-bond donors (Lipinski definition) is 1. The van der Waals surface area contributed by atoms with Crippen molar-refractivity contribution in [2.45, 2.75) is 33.3 Å². The zero-order valence-corrected chi connectivity index (χ0v) is 11.7. The van der Waals surface area contributed by atoms with E-state index in [2.05, 4.69) is 0 Å². The first-order valence-electron chi connectivity index (χ1n) is 6.15. The van der Waals surface area contributed by atoms with Gasteiger partial charge in [0.25, 0.3) is 0 Å². The minimum Gasteiger partial charge on any atom is -0.489 e. The number of anilines is 1. The monoisotopic (exact) mass is 249 g/mol. The Bertz CT molecular complexity index is 405. The summed E-state index contributed by atoms with van der Waals surface area (Å²) in [6.07, 6.45) is 2.02. The molecule has 2 N–H and O–H groups in total. The lowest BCUT2D eigenvalue weighted by atomic mass is 10.2.